The number of anilines is 1. The smallest absolute Gasteiger partial charge is 0.326 e. The zero-order chi connectivity index (χ0) is 29.3. The third-order valence-corrected chi connectivity index (χ3v) is 8.35. The van der Waals surface area contributed by atoms with E-state index in [1.165, 1.54) is 4.90 Å². The van der Waals surface area contributed by atoms with E-state index in [4.69, 9.17) is 19.7 Å². The number of ether oxygens (including phenoxy) is 1. The van der Waals surface area contributed by atoms with Gasteiger partial charge in [-0.1, -0.05) is 36.4 Å². The first kappa shape index (κ1) is 27.0. The SMILES string of the molecule is O=C(O)C1CCCN1C(=O)c1ccc(-c2cnc(N3CCOCC3)c3nc(CCc4ccc5ccccc5n4)cn23)cc1. The van der Waals surface area contributed by atoms with Crippen molar-refractivity contribution in [3.63, 3.8) is 0 Å². The van der Waals surface area contributed by atoms with Crippen LogP contribution < -0.4 is 4.90 Å². The molecular weight excluding hydrogens is 544 g/mol. The Kier molecular flexibility index (Phi) is 7.20. The molecule has 5 heterocycles. The van der Waals surface area contributed by atoms with Crippen molar-refractivity contribution < 1.29 is 19.4 Å². The highest BCUT2D eigenvalue weighted by Gasteiger charge is 2.34. The number of carboxylic acid groups (broad SMARTS) is 1. The molecule has 0 bridgehead atoms. The van der Waals surface area contributed by atoms with Crippen molar-refractivity contribution in [1.82, 2.24) is 24.3 Å². The summed E-state index contributed by atoms with van der Waals surface area (Å²) in [7, 11) is 0. The number of aromatic nitrogens is 4. The summed E-state index contributed by atoms with van der Waals surface area (Å²) in [5.41, 5.74) is 5.95. The number of para-hydroxylation sites is 1. The average Bonchev–Trinajstić information content (AvgIpc) is 3.72. The fraction of sp³-hybridized carbons (Fsp3) is 0.303. The first-order valence-electron chi connectivity index (χ1n) is 14.7. The minimum atomic E-state index is -0.955. The molecule has 3 aromatic heterocycles. The number of amides is 1. The molecule has 1 unspecified atom stereocenters. The van der Waals surface area contributed by atoms with Crippen molar-refractivity contribution >= 4 is 34.2 Å². The van der Waals surface area contributed by atoms with Crippen LogP contribution in [0.1, 0.15) is 34.6 Å². The maximum absolute atomic E-state index is 13.1. The molecular formula is C33H32N6O4. The van der Waals surface area contributed by atoms with Gasteiger partial charge in [-0.25, -0.2) is 14.8 Å². The number of morpholine rings is 1. The standard InChI is InChI=1S/C33H32N6O4/c40-32(38-15-3-6-28(38)33(41)42)24-9-7-23(8-10-24)29-20-34-30(37-16-18-43-19-17-37)31-36-26(21-39(29)31)14-13-25-12-11-22-4-1-2-5-27(22)35-25/h1-2,4-5,7-12,20-21,28H,3,6,13-19H2,(H,41,42). The predicted octanol–water partition coefficient (Wildman–Crippen LogP) is 4.26. The first-order chi connectivity index (χ1) is 21.0. The van der Waals surface area contributed by atoms with E-state index < -0.39 is 12.0 Å². The molecule has 1 N–H and O–H groups in total. The number of fused-ring (bicyclic) bond motifs is 2. The number of aryl methyl sites for hydroxylation is 2. The van der Waals surface area contributed by atoms with Gasteiger partial charge < -0.3 is 19.6 Å². The molecule has 0 radical (unpaired) electrons. The van der Waals surface area contributed by atoms with E-state index in [1.54, 1.807) is 12.1 Å². The lowest BCUT2D eigenvalue weighted by molar-refractivity contribution is -0.141. The van der Waals surface area contributed by atoms with E-state index in [2.05, 4.69) is 33.7 Å². The Morgan fingerprint density at radius 1 is 0.907 bits per heavy atom. The van der Waals surface area contributed by atoms with Gasteiger partial charge in [0.15, 0.2) is 11.5 Å². The number of hydrogen-bond acceptors (Lipinski definition) is 7. The number of nitrogens with zero attached hydrogens (tertiary/aromatic N) is 6. The Morgan fingerprint density at radius 3 is 2.51 bits per heavy atom. The van der Waals surface area contributed by atoms with E-state index in [0.717, 1.165) is 70.9 Å². The van der Waals surface area contributed by atoms with Gasteiger partial charge in [-0.15, -0.1) is 0 Å². The van der Waals surface area contributed by atoms with Crippen molar-refractivity contribution in [3.8, 4) is 11.3 Å². The molecule has 1 amide bonds. The number of aliphatic carboxylic acids is 1. The second-order valence-corrected chi connectivity index (χ2v) is 11.1. The van der Waals surface area contributed by atoms with Crippen LogP contribution in [0.3, 0.4) is 0 Å². The van der Waals surface area contributed by atoms with Crippen LogP contribution in [0.2, 0.25) is 0 Å². The summed E-state index contributed by atoms with van der Waals surface area (Å²) in [4.78, 5) is 43.1. The zero-order valence-electron chi connectivity index (χ0n) is 23.7. The van der Waals surface area contributed by atoms with E-state index in [-0.39, 0.29) is 5.91 Å². The Balaban J connectivity index is 1.19. The van der Waals surface area contributed by atoms with Crippen LogP contribution in [-0.2, 0) is 22.4 Å². The van der Waals surface area contributed by atoms with Crippen LogP contribution in [0.5, 0.6) is 0 Å². The van der Waals surface area contributed by atoms with Crippen molar-refractivity contribution in [2.75, 3.05) is 37.7 Å². The van der Waals surface area contributed by atoms with Crippen LogP contribution >= 0.6 is 0 Å². The first-order valence-corrected chi connectivity index (χ1v) is 14.7. The van der Waals surface area contributed by atoms with Crippen molar-refractivity contribution in [1.29, 1.82) is 0 Å². The topological polar surface area (TPSA) is 113 Å². The van der Waals surface area contributed by atoms with Gasteiger partial charge in [-0.2, -0.15) is 0 Å². The number of rotatable bonds is 7. The summed E-state index contributed by atoms with van der Waals surface area (Å²) < 4.78 is 7.65. The van der Waals surface area contributed by atoms with Crippen molar-refractivity contribution in [2.24, 2.45) is 0 Å². The van der Waals surface area contributed by atoms with Gasteiger partial charge in [0.2, 0.25) is 0 Å². The lowest BCUT2D eigenvalue weighted by Crippen LogP contribution is -2.40. The molecule has 2 aromatic carbocycles. The van der Waals surface area contributed by atoms with E-state index in [0.29, 0.717) is 38.2 Å². The predicted molar refractivity (Wildman–Crippen MR) is 162 cm³/mol. The Bertz CT molecular complexity index is 1810. The fourth-order valence-corrected chi connectivity index (χ4v) is 6.06. The van der Waals surface area contributed by atoms with Gasteiger partial charge in [0, 0.05) is 48.0 Å². The average molecular weight is 577 g/mol. The lowest BCUT2D eigenvalue weighted by atomic mass is 10.1. The third kappa shape index (κ3) is 5.30. The number of likely N-dealkylation sites (tertiary alicyclic amines) is 1. The second kappa shape index (κ2) is 11.4. The number of imidazole rings is 1. The third-order valence-electron chi connectivity index (χ3n) is 8.35. The van der Waals surface area contributed by atoms with Crippen LogP contribution in [0.25, 0.3) is 27.8 Å². The molecule has 7 rings (SSSR count). The molecule has 2 aliphatic rings. The zero-order valence-corrected chi connectivity index (χ0v) is 23.7. The van der Waals surface area contributed by atoms with Crippen LogP contribution in [0, 0.1) is 0 Å². The molecule has 0 aliphatic carbocycles. The minimum Gasteiger partial charge on any atom is -0.480 e. The lowest BCUT2D eigenvalue weighted by Gasteiger charge is -2.28. The van der Waals surface area contributed by atoms with Gasteiger partial charge in [0.25, 0.3) is 5.91 Å². The molecule has 43 heavy (non-hydrogen) atoms. The number of benzene rings is 2. The minimum absolute atomic E-state index is 0.255. The molecule has 218 valence electrons. The van der Waals surface area contributed by atoms with E-state index in [9.17, 15) is 14.7 Å². The summed E-state index contributed by atoms with van der Waals surface area (Å²) in [5, 5.41) is 10.6. The molecule has 0 saturated carbocycles. The molecule has 2 fully saturated rings. The molecule has 2 aliphatic heterocycles. The quantitative estimate of drug-likeness (QED) is 0.306. The fourth-order valence-electron chi connectivity index (χ4n) is 6.06. The second-order valence-electron chi connectivity index (χ2n) is 11.1. The normalized spacial score (nSPS) is 17.2. The molecule has 5 aromatic rings. The molecule has 0 spiro atoms. The highest BCUT2D eigenvalue weighted by atomic mass is 16.5. The maximum Gasteiger partial charge on any atom is 0.326 e. The molecule has 1 atom stereocenters. The maximum atomic E-state index is 13.1. The van der Waals surface area contributed by atoms with Crippen molar-refractivity contribution in [3.05, 3.63) is 90.0 Å². The number of carbonyl (C=O) groups excluding carboxylic acids is 1. The van der Waals surface area contributed by atoms with Gasteiger partial charge >= 0.3 is 5.97 Å². The largest absolute Gasteiger partial charge is 0.480 e. The summed E-state index contributed by atoms with van der Waals surface area (Å²) in [6.45, 7) is 3.24. The monoisotopic (exact) mass is 576 g/mol. The van der Waals surface area contributed by atoms with Crippen molar-refractivity contribution in [2.45, 2.75) is 31.7 Å². The van der Waals surface area contributed by atoms with Gasteiger partial charge in [0.05, 0.1) is 36.3 Å². The van der Waals surface area contributed by atoms with Gasteiger partial charge in [0.1, 0.15) is 6.04 Å². The highest BCUT2D eigenvalue weighted by Crippen LogP contribution is 2.28. The number of hydrogen-bond donors (Lipinski definition) is 1. The summed E-state index contributed by atoms with van der Waals surface area (Å²) in [5.74, 6) is -0.388. The number of carbonyl (C=O) groups is 2. The van der Waals surface area contributed by atoms with E-state index >= 15 is 0 Å². The number of pyridine rings is 1. The summed E-state index contributed by atoms with van der Waals surface area (Å²) >= 11 is 0. The Labute approximate surface area is 248 Å². The van der Waals surface area contributed by atoms with E-state index in [1.807, 2.05) is 36.5 Å². The van der Waals surface area contributed by atoms with Crippen LogP contribution in [0.4, 0.5) is 5.82 Å². The Morgan fingerprint density at radius 2 is 1.70 bits per heavy atom. The van der Waals surface area contributed by atoms with Gasteiger partial charge in [-0.05, 0) is 49.9 Å². The highest BCUT2D eigenvalue weighted by molar-refractivity contribution is 5.97. The van der Waals surface area contributed by atoms with Crippen LogP contribution in [0.15, 0.2) is 73.1 Å². The number of carboxylic acids is 1. The summed E-state index contributed by atoms with van der Waals surface area (Å²) in [6, 6.07) is 18.9. The molecule has 2 saturated heterocycles. The summed E-state index contributed by atoms with van der Waals surface area (Å²) in [6.07, 6.45) is 6.58. The Hall–Kier alpha value is -4.83. The molecule has 10 heteroatoms. The van der Waals surface area contributed by atoms with Gasteiger partial charge in [-0.3, -0.25) is 14.2 Å². The van der Waals surface area contributed by atoms with Crippen LogP contribution in [-0.4, -0.2) is 80.1 Å². The molecule has 10 nitrogen and oxygen atoms in total.